The van der Waals surface area contributed by atoms with Crippen LogP contribution in [0.1, 0.15) is 48.7 Å². The van der Waals surface area contributed by atoms with Crippen molar-refractivity contribution < 1.29 is 18.7 Å². The van der Waals surface area contributed by atoms with E-state index in [1.807, 2.05) is 6.92 Å². The fraction of sp³-hybridized carbons (Fsp3) is 0.450. The third kappa shape index (κ3) is 4.12. The molecule has 1 N–H and O–H groups in total. The Hall–Kier alpha value is -2.63. The first-order chi connectivity index (χ1) is 12.4. The van der Waals surface area contributed by atoms with Crippen molar-refractivity contribution in [3.8, 4) is 0 Å². The van der Waals surface area contributed by atoms with Gasteiger partial charge in [-0.15, -0.1) is 0 Å². The summed E-state index contributed by atoms with van der Waals surface area (Å²) in [4.78, 5) is 36.3. The van der Waals surface area contributed by atoms with Crippen LogP contribution >= 0.6 is 0 Å². The lowest BCUT2D eigenvalue weighted by atomic mass is 9.86. The molecule has 1 aliphatic rings. The third-order valence-corrected chi connectivity index (χ3v) is 4.88. The number of hydrogen-bond acceptors (Lipinski definition) is 5. The number of benzene rings is 1. The van der Waals surface area contributed by atoms with Crippen molar-refractivity contribution in [2.75, 3.05) is 6.61 Å². The molecule has 1 aromatic carbocycles. The summed E-state index contributed by atoms with van der Waals surface area (Å²) >= 11 is 0. The minimum atomic E-state index is -0.823. The number of ether oxygens (including phenoxy) is 1. The van der Waals surface area contributed by atoms with E-state index in [1.54, 1.807) is 18.2 Å². The first kappa shape index (κ1) is 18.2. The molecule has 0 bridgehead atoms. The monoisotopic (exact) mass is 357 g/mol. The number of hydrogen-bond donors (Lipinski definition) is 1. The van der Waals surface area contributed by atoms with Crippen LogP contribution in [0.4, 0.5) is 0 Å². The lowest BCUT2D eigenvalue weighted by Gasteiger charge is -2.29. The maximum Gasteiger partial charge on any atom is 0.374 e. The molecule has 1 fully saturated rings. The summed E-state index contributed by atoms with van der Waals surface area (Å²) in [5.41, 5.74) is 0.923. The van der Waals surface area contributed by atoms with Crippen LogP contribution in [0.3, 0.4) is 0 Å². The van der Waals surface area contributed by atoms with E-state index < -0.39 is 12.6 Å². The second-order valence-electron chi connectivity index (χ2n) is 6.99. The van der Waals surface area contributed by atoms with Crippen molar-refractivity contribution in [3.05, 3.63) is 45.8 Å². The van der Waals surface area contributed by atoms with Gasteiger partial charge in [0.05, 0.1) is 5.39 Å². The molecule has 1 saturated carbocycles. The zero-order chi connectivity index (χ0) is 18.7. The molecule has 26 heavy (non-hydrogen) atoms. The highest BCUT2D eigenvalue weighted by molar-refractivity contribution is 5.90. The molecule has 2 aromatic rings. The number of esters is 1. The van der Waals surface area contributed by atoms with Crippen molar-refractivity contribution in [1.29, 1.82) is 0 Å². The normalized spacial score (nSPS) is 19.9. The molecule has 3 rings (SSSR count). The molecule has 6 nitrogen and oxygen atoms in total. The van der Waals surface area contributed by atoms with Crippen LogP contribution < -0.4 is 10.7 Å². The summed E-state index contributed by atoms with van der Waals surface area (Å²) in [6, 6.07) is 6.36. The Bertz CT molecular complexity index is 885. The molecule has 0 unspecified atom stereocenters. The topological polar surface area (TPSA) is 85.6 Å². The number of nitrogens with one attached hydrogen (secondary N) is 1. The molecule has 6 heteroatoms. The molecule has 1 heterocycles. The fourth-order valence-corrected chi connectivity index (χ4v) is 3.35. The standard InChI is InChI=1S/C20H23NO5/c1-12-7-8-17-14(9-12)16(22)10-18(26-17)20(24)25-11-19(23)21-15-6-4-3-5-13(15)2/h7-10,13,15H,3-6,11H2,1-2H3,(H,21,23)/t13-,15+/m1/s1. The van der Waals surface area contributed by atoms with Crippen LogP contribution in [0.15, 0.2) is 33.5 Å². The first-order valence-electron chi connectivity index (χ1n) is 8.95. The minimum Gasteiger partial charge on any atom is -0.450 e. The predicted octanol–water partition coefficient (Wildman–Crippen LogP) is 2.95. The molecule has 2 atom stereocenters. The molecule has 0 spiro atoms. The number of carbonyl (C=O) groups is 2. The van der Waals surface area contributed by atoms with E-state index in [0.717, 1.165) is 30.9 Å². The summed E-state index contributed by atoms with van der Waals surface area (Å²) in [7, 11) is 0. The maximum atomic E-state index is 12.1. The fourth-order valence-electron chi connectivity index (χ4n) is 3.35. The lowest BCUT2D eigenvalue weighted by Crippen LogP contribution is -2.42. The van der Waals surface area contributed by atoms with Gasteiger partial charge in [-0.25, -0.2) is 4.79 Å². The number of aryl methyl sites for hydroxylation is 1. The summed E-state index contributed by atoms with van der Waals surface area (Å²) in [5.74, 6) is -0.942. The van der Waals surface area contributed by atoms with E-state index in [1.165, 1.54) is 6.42 Å². The number of rotatable bonds is 4. The Morgan fingerprint density at radius 1 is 1.23 bits per heavy atom. The number of fused-ring (bicyclic) bond motifs is 1. The van der Waals surface area contributed by atoms with Gasteiger partial charge in [-0.3, -0.25) is 9.59 Å². The van der Waals surface area contributed by atoms with Gasteiger partial charge in [0, 0.05) is 12.1 Å². The minimum absolute atomic E-state index is 0.122. The number of amides is 1. The average Bonchev–Trinajstić information content (AvgIpc) is 2.62. The average molecular weight is 357 g/mol. The van der Waals surface area contributed by atoms with E-state index in [4.69, 9.17) is 9.15 Å². The van der Waals surface area contributed by atoms with Crippen LogP contribution in [-0.4, -0.2) is 24.5 Å². The van der Waals surface area contributed by atoms with Gasteiger partial charge in [0.2, 0.25) is 5.76 Å². The highest BCUT2D eigenvalue weighted by Crippen LogP contribution is 2.23. The molecule has 0 radical (unpaired) electrons. The molecule has 138 valence electrons. The molecule has 0 saturated heterocycles. The molecule has 1 aromatic heterocycles. The Kier molecular flexibility index (Phi) is 5.40. The Morgan fingerprint density at radius 3 is 2.77 bits per heavy atom. The quantitative estimate of drug-likeness (QED) is 0.850. The largest absolute Gasteiger partial charge is 0.450 e. The van der Waals surface area contributed by atoms with Gasteiger partial charge >= 0.3 is 5.97 Å². The SMILES string of the molecule is Cc1ccc2oc(C(=O)OCC(=O)N[C@H]3CCCC[C@H]3C)cc(=O)c2c1. The predicted molar refractivity (Wildman–Crippen MR) is 97.1 cm³/mol. The van der Waals surface area contributed by atoms with Gasteiger partial charge in [-0.1, -0.05) is 31.4 Å². The van der Waals surface area contributed by atoms with Gasteiger partial charge in [-0.05, 0) is 37.8 Å². The molecule has 0 aliphatic heterocycles. The van der Waals surface area contributed by atoms with E-state index in [-0.39, 0.29) is 23.1 Å². The zero-order valence-corrected chi connectivity index (χ0v) is 15.0. The van der Waals surface area contributed by atoms with Crippen molar-refractivity contribution in [2.45, 2.75) is 45.6 Å². The Balaban J connectivity index is 1.63. The zero-order valence-electron chi connectivity index (χ0n) is 15.0. The lowest BCUT2D eigenvalue weighted by molar-refractivity contribution is -0.125. The van der Waals surface area contributed by atoms with Crippen LogP contribution in [-0.2, 0) is 9.53 Å². The van der Waals surface area contributed by atoms with Crippen LogP contribution in [0, 0.1) is 12.8 Å². The van der Waals surface area contributed by atoms with Gasteiger partial charge in [-0.2, -0.15) is 0 Å². The van der Waals surface area contributed by atoms with Gasteiger partial charge in [0.25, 0.3) is 5.91 Å². The highest BCUT2D eigenvalue weighted by Gasteiger charge is 2.23. The van der Waals surface area contributed by atoms with Crippen molar-refractivity contribution in [3.63, 3.8) is 0 Å². The van der Waals surface area contributed by atoms with E-state index >= 15 is 0 Å². The van der Waals surface area contributed by atoms with Gasteiger partial charge < -0.3 is 14.5 Å². The first-order valence-corrected chi connectivity index (χ1v) is 8.95. The highest BCUT2D eigenvalue weighted by atomic mass is 16.5. The van der Waals surface area contributed by atoms with Crippen LogP contribution in [0.5, 0.6) is 0 Å². The Labute approximate surface area is 151 Å². The summed E-state index contributed by atoms with van der Waals surface area (Å²) in [5, 5.41) is 3.32. The smallest absolute Gasteiger partial charge is 0.374 e. The molecule has 1 amide bonds. The van der Waals surface area contributed by atoms with Crippen molar-refractivity contribution >= 4 is 22.8 Å². The molecular formula is C20H23NO5. The molecular weight excluding hydrogens is 334 g/mol. The Morgan fingerprint density at radius 2 is 2.00 bits per heavy atom. The number of carbonyl (C=O) groups excluding carboxylic acids is 2. The van der Waals surface area contributed by atoms with Crippen LogP contribution in [0.25, 0.3) is 11.0 Å². The van der Waals surface area contributed by atoms with E-state index in [0.29, 0.717) is 16.9 Å². The van der Waals surface area contributed by atoms with Gasteiger partial charge in [0.1, 0.15) is 5.58 Å². The third-order valence-electron chi connectivity index (χ3n) is 4.88. The second-order valence-corrected chi connectivity index (χ2v) is 6.99. The summed E-state index contributed by atoms with van der Waals surface area (Å²) < 4.78 is 10.5. The van der Waals surface area contributed by atoms with Gasteiger partial charge in [0.15, 0.2) is 12.0 Å². The van der Waals surface area contributed by atoms with Crippen LogP contribution in [0.2, 0.25) is 0 Å². The molecule has 1 aliphatic carbocycles. The van der Waals surface area contributed by atoms with Crippen molar-refractivity contribution in [1.82, 2.24) is 5.32 Å². The van der Waals surface area contributed by atoms with E-state index in [2.05, 4.69) is 12.2 Å². The summed E-state index contributed by atoms with van der Waals surface area (Å²) in [6.07, 6.45) is 4.31. The summed E-state index contributed by atoms with van der Waals surface area (Å²) in [6.45, 7) is 3.59. The van der Waals surface area contributed by atoms with E-state index in [9.17, 15) is 14.4 Å². The van der Waals surface area contributed by atoms with Crippen molar-refractivity contribution in [2.24, 2.45) is 5.92 Å². The maximum absolute atomic E-state index is 12.1. The second kappa shape index (κ2) is 7.72.